The van der Waals surface area contributed by atoms with Gasteiger partial charge in [-0.15, -0.1) is 0 Å². The van der Waals surface area contributed by atoms with Crippen LogP contribution in [-0.4, -0.2) is 4.57 Å². The Labute approximate surface area is 152 Å². The quantitative estimate of drug-likeness (QED) is 0.327. The lowest BCUT2D eigenvalue weighted by Gasteiger charge is -2.13. The molecule has 0 saturated carbocycles. The molecule has 2 heteroatoms. The maximum absolute atomic E-state index is 6.07. The van der Waals surface area contributed by atoms with E-state index in [4.69, 9.17) is 4.42 Å². The number of hydrogen-bond donors (Lipinski definition) is 0. The molecule has 3 aromatic carbocycles. The van der Waals surface area contributed by atoms with E-state index in [2.05, 4.69) is 98.1 Å². The smallest absolute Gasteiger partial charge is 0.134 e. The lowest BCUT2D eigenvalue weighted by atomic mass is 9.93. The van der Waals surface area contributed by atoms with Crippen LogP contribution in [0.4, 0.5) is 0 Å². The summed E-state index contributed by atoms with van der Waals surface area (Å²) in [5.41, 5.74) is 4.57. The molecule has 26 heavy (non-hydrogen) atoms. The number of aromatic nitrogens is 1. The van der Waals surface area contributed by atoms with Crippen molar-refractivity contribution in [2.24, 2.45) is 0 Å². The van der Waals surface area contributed by atoms with Crippen LogP contribution >= 0.6 is 0 Å². The third kappa shape index (κ3) is 2.19. The Bertz CT molecular complexity index is 1210. The molecule has 0 spiro atoms. The molecule has 0 atom stereocenters. The van der Waals surface area contributed by atoms with Crippen molar-refractivity contribution in [1.82, 2.24) is 4.57 Å². The summed E-state index contributed by atoms with van der Waals surface area (Å²) in [5.74, 6) is 1.02. The monoisotopic (exact) mass is 339 g/mol. The second-order valence-corrected chi connectivity index (χ2v) is 7.95. The maximum Gasteiger partial charge on any atom is 0.134 e. The van der Waals surface area contributed by atoms with Gasteiger partial charge in [-0.25, -0.2) is 0 Å². The average molecular weight is 339 g/mol. The summed E-state index contributed by atoms with van der Waals surface area (Å²) in [7, 11) is 0. The van der Waals surface area contributed by atoms with Gasteiger partial charge in [0, 0.05) is 27.3 Å². The molecule has 0 saturated heterocycles. The highest BCUT2D eigenvalue weighted by molar-refractivity contribution is 6.09. The van der Waals surface area contributed by atoms with Crippen LogP contribution in [0.2, 0.25) is 0 Å². The molecular formula is C24H21NO. The van der Waals surface area contributed by atoms with Crippen LogP contribution in [0.3, 0.4) is 0 Å². The maximum atomic E-state index is 6.07. The third-order valence-corrected chi connectivity index (χ3v) is 5.08. The lowest BCUT2D eigenvalue weighted by molar-refractivity contribution is 0.430. The first-order valence-corrected chi connectivity index (χ1v) is 9.05. The highest BCUT2D eigenvalue weighted by Gasteiger charge is 2.19. The molecule has 0 amide bonds. The van der Waals surface area contributed by atoms with Gasteiger partial charge in [-0.3, -0.25) is 0 Å². The molecule has 0 aliphatic heterocycles. The zero-order chi connectivity index (χ0) is 17.9. The molecular weight excluding hydrogens is 318 g/mol. The van der Waals surface area contributed by atoms with Crippen LogP contribution in [0.5, 0.6) is 0 Å². The number of fused-ring (bicyclic) bond motifs is 4. The molecule has 0 bridgehead atoms. The summed E-state index contributed by atoms with van der Waals surface area (Å²) >= 11 is 0. The van der Waals surface area contributed by atoms with Crippen molar-refractivity contribution < 1.29 is 4.42 Å². The fourth-order valence-electron chi connectivity index (χ4n) is 3.74. The standard InChI is InChI=1S/C24H21NO/c1-24(2,3)23-15-16-14-17(12-13-22(16)26-23)25-20-10-6-4-8-18(20)19-9-5-7-11-21(19)25/h4-15H,1-3H3. The van der Waals surface area contributed by atoms with Gasteiger partial charge in [0.25, 0.3) is 0 Å². The third-order valence-electron chi connectivity index (χ3n) is 5.08. The molecule has 0 N–H and O–H groups in total. The predicted octanol–water partition coefficient (Wildman–Crippen LogP) is 6.83. The van der Waals surface area contributed by atoms with Crippen LogP contribution in [-0.2, 0) is 5.41 Å². The second kappa shape index (κ2) is 5.25. The van der Waals surface area contributed by atoms with Crippen LogP contribution in [0, 0.1) is 0 Å². The molecule has 2 nitrogen and oxygen atoms in total. The van der Waals surface area contributed by atoms with Gasteiger partial charge in [-0.1, -0.05) is 57.2 Å². The van der Waals surface area contributed by atoms with E-state index in [9.17, 15) is 0 Å². The Balaban J connectivity index is 1.82. The van der Waals surface area contributed by atoms with E-state index in [1.807, 2.05) is 0 Å². The van der Waals surface area contributed by atoms with Gasteiger partial charge < -0.3 is 8.98 Å². The molecule has 128 valence electrons. The van der Waals surface area contributed by atoms with E-state index in [1.54, 1.807) is 0 Å². The van der Waals surface area contributed by atoms with Crippen LogP contribution in [0.1, 0.15) is 26.5 Å². The molecule has 5 rings (SSSR count). The van der Waals surface area contributed by atoms with E-state index in [0.717, 1.165) is 22.4 Å². The van der Waals surface area contributed by atoms with Gasteiger partial charge in [-0.05, 0) is 36.4 Å². The Hall–Kier alpha value is -3.00. The highest BCUT2D eigenvalue weighted by atomic mass is 16.3. The molecule has 0 aliphatic carbocycles. The van der Waals surface area contributed by atoms with Gasteiger partial charge >= 0.3 is 0 Å². The summed E-state index contributed by atoms with van der Waals surface area (Å²) in [6.45, 7) is 6.54. The highest BCUT2D eigenvalue weighted by Crippen LogP contribution is 2.34. The van der Waals surface area contributed by atoms with Gasteiger partial charge in [0.15, 0.2) is 0 Å². The molecule has 5 aromatic rings. The summed E-state index contributed by atoms with van der Waals surface area (Å²) in [5, 5.41) is 3.71. The van der Waals surface area contributed by atoms with Crippen molar-refractivity contribution in [2.45, 2.75) is 26.2 Å². The molecule has 0 fully saturated rings. The van der Waals surface area contributed by atoms with Gasteiger partial charge in [-0.2, -0.15) is 0 Å². The van der Waals surface area contributed by atoms with Gasteiger partial charge in [0.05, 0.1) is 11.0 Å². The Kier molecular flexibility index (Phi) is 3.08. The summed E-state index contributed by atoms with van der Waals surface area (Å²) in [4.78, 5) is 0. The summed E-state index contributed by atoms with van der Waals surface area (Å²) in [6.07, 6.45) is 0. The number of para-hydroxylation sites is 2. The minimum Gasteiger partial charge on any atom is -0.461 e. The molecule has 2 aromatic heterocycles. The van der Waals surface area contributed by atoms with E-state index >= 15 is 0 Å². The van der Waals surface area contributed by atoms with Crippen molar-refractivity contribution in [3.05, 3.63) is 78.6 Å². The first-order valence-electron chi connectivity index (χ1n) is 9.05. The summed E-state index contributed by atoms with van der Waals surface area (Å²) < 4.78 is 8.41. The minimum atomic E-state index is 0.00598. The number of nitrogens with zero attached hydrogens (tertiary/aromatic N) is 1. The zero-order valence-corrected chi connectivity index (χ0v) is 15.3. The fourth-order valence-corrected chi connectivity index (χ4v) is 3.74. The Morgan fingerprint density at radius 3 is 1.96 bits per heavy atom. The van der Waals surface area contributed by atoms with Gasteiger partial charge in [0.2, 0.25) is 0 Å². The van der Waals surface area contributed by atoms with E-state index < -0.39 is 0 Å². The van der Waals surface area contributed by atoms with Crippen LogP contribution in [0.25, 0.3) is 38.5 Å². The molecule has 0 unspecified atom stereocenters. The largest absolute Gasteiger partial charge is 0.461 e. The van der Waals surface area contributed by atoms with Crippen molar-refractivity contribution in [2.75, 3.05) is 0 Å². The predicted molar refractivity (Wildman–Crippen MR) is 109 cm³/mol. The molecule has 0 radical (unpaired) electrons. The summed E-state index contributed by atoms with van der Waals surface area (Å²) in [6, 6.07) is 25.8. The number of furan rings is 1. The SMILES string of the molecule is CC(C)(C)c1cc2cc(-n3c4ccccc4c4ccccc43)ccc2o1. The molecule has 0 aliphatic rings. The van der Waals surface area contributed by atoms with Crippen molar-refractivity contribution >= 4 is 32.8 Å². The lowest BCUT2D eigenvalue weighted by Crippen LogP contribution is -2.08. The molecule has 2 heterocycles. The van der Waals surface area contributed by atoms with Crippen LogP contribution < -0.4 is 0 Å². The van der Waals surface area contributed by atoms with Crippen LogP contribution in [0.15, 0.2) is 77.2 Å². The first kappa shape index (κ1) is 15.3. The van der Waals surface area contributed by atoms with E-state index in [0.29, 0.717) is 0 Å². The fraction of sp³-hybridized carbons (Fsp3) is 0.167. The number of benzene rings is 3. The van der Waals surface area contributed by atoms with E-state index in [-0.39, 0.29) is 5.41 Å². The van der Waals surface area contributed by atoms with Crippen molar-refractivity contribution in [3.63, 3.8) is 0 Å². The normalized spacial score (nSPS) is 12.4. The second-order valence-electron chi connectivity index (χ2n) is 7.95. The first-order chi connectivity index (χ1) is 12.5. The van der Waals surface area contributed by atoms with Crippen molar-refractivity contribution in [3.8, 4) is 5.69 Å². The zero-order valence-electron chi connectivity index (χ0n) is 15.3. The Morgan fingerprint density at radius 2 is 1.35 bits per heavy atom. The number of rotatable bonds is 1. The topological polar surface area (TPSA) is 18.1 Å². The van der Waals surface area contributed by atoms with E-state index in [1.165, 1.54) is 21.8 Å². The van der Waals surface area contributed by atoms with Gasteiger partial charge in [0.1, 0.15) is 11.3 Å². The Morgan fingerprint density at radius 1 is 0.731 bits per heavy atom. The number of hydrogen-bond acceptors (Lipinski definition) is 1. The average Bonchev–Trinajstić information content (AvgIpc) is 3.20. The minimum absolute atomic E-state index is 0.00598. The van der Waals surface area contributed by atoms with Crippen molar-refractivity contribution in [1.29, 1.82) is 0 Å².